The van der Waals surface area contributed by atoms with Gasteiger partial charge in [0.25, 0.3) is 10.9 Å². The van der Waals surface area contributed by atoms with Gasteiger partial charge in [-0.3, -0.25) is 39.8 Å². The van der Waals surface area contributed by atoms with Crippen molar-refractivity contribution in [3.63, 3.8) is 0 Å². The summed E-state index contributed by atoms with van der Waals surface area (Å²) in [5, 5.41) is 34.3. The van der Waals surface area contributed by atoms with E-state index in [0.29, 0.717) is 28.4 Å². The zero-order valence-corrected chi connectivity index (χ0v) is 70.7. The molecule has 21 nitrogen and oxygen atoms in total. The minimum atomic E-state index is -0.620. The average molecular weight is 1820 g/mol. The number of halogens is 4. The van der Waals surface area contributed by atoms with E-state index in [2.05, 4.69) is 122 Å². The number of nitrogens with two attached hydrogens (primary N) is 3. The van der Waals surface area contributed by atoms with Crippen molar-refractivity contribution in [3.8, 4) is 5.40 Å². The lowest BCUT2D eigenvalue weighted by molar-refractivity contribution is -0.384. The Kier molecular flexibility index (Phi) is 44.6. The minimum Gasteiger partial charge on any atom is -0.375 e. The number of pyridine rings is 5. The van der Waals surface area contributed by atoms with E-state index in [1.807, 2.05) is 115 Å². The third-order valence-corrected chi connectivity index (χ3v) is 26.0. The maximum absolute atomic E-state index is 10.5. The van der Waals surface area contributed by atoms with Gasteiger partial charge in [-0.1, -0.05) is 124 Å². The van der Waals surface area contributed by atoms with Crippen LogP contribution < -0.4 is 33.2 Å². The van der Waals surface area contributed by atoms with Crippen LogP contribution in [0.2, 0.25) is 0 Å². The third kappa shape index (κ3) is 38.3. The third-order valence-electron chi connectivity index (χ3n) is 14.4. The van der Waals surface area contributed by atoms with E-state index in [9.17, 15) is 14.9 Å². The number of nitro groups is 1. The zero-order valence-electron chi connectivity index (χ0n) is 56.9. The summed E-state index contributed by atoms with van der Waals surface area (Å²) < 4.78 is 6.67. The molecule has 14 rings (SSSR count). The molecule has 1 aliphatic heterocycles. The predicted octanol–water partition coefficient (Wildman–Crippen LogP) is 20.7. The van der Waals surface area contributed by atoms with Crippen molar-refractivity contribution in [1.82, 2.24) is 55.2 Å². The summed E-state index contributed by atoms with van der Waals surface area (Å²) in [6, 6.07) is 27.0. The topological polar surface area (TPSA) is 327 Å². The van der Waals surface area contributed by atoms with Crippen molar-refractivity contribution in [2.24, 2.45) is 5.73 Å². The van der Waals surface area contributed by atoms with Gasteiger partial charge in [0.1, 0.15) is 5.40 Å². The first-order valence-corrected chi connectivity index (χ1v) is 43.9. The summed E-state index contributed by atoms with van der Waals surface area (Å²) in [6.07, 6.45) is 43.4. The van der Waals surface area contributed by atoms with Crippen molar-refractivity contribution >= 4 is 207 Å². The molecule has 0 amide bonds. The molecule has 10 aromatic heterocycles. The first-order valence-electron chi connectivity index (χ1n) is 32.7. The summed E-state index contributed by atoms with van der Waals surface area (Å²) in [6.45, 7) is 2.18. The highest BCUT2D eigenvalue weighted by Gasteiger charge is 2.17. The molecule has 11 heterocycles. The maximum Gasteiger partial charge on any atom is 0.269 e. The van der Waals surface area contributed by atoms with Crippen molar-refractivity contribution in [1.29, 1.82) is 5.26 Å². The number of thiocyanates is 1. The Balaban J connectivity index is 0.000000192. The molecule has 0 bridgehead atoms. The fourth-order valence-electron chi connectivity index (χ4n) is 9.24. The van der Waals surface area contributed by atoms with Gasteiger partial charge in [0.05, 0.1) is 57.0 Å². The number of piperidine rings is 1. The molecule has 105 heavy (non-hydrogen) atoms. The highest BCUT2D eigenvalue weighted by molar-refractivity contribution is 9.11. The predicted molar refractivity (Wildman–Crippen MR) is 455 cm³/mol. The summed E-state index contributed by atoms with van der Waals surface area (Å²) in [5.41, 5.74) is 22.9. The van der Waals surface area contributed by atoms with Gasteiger partial charge >= 0.3 is 0 Å². The van der Waals surface area contributed by atoms with E-state index in [-0.39, 0.29) is 28.2 Å². The lowest BCUT2D eigenvalue weighted by Gasteiger charge is -2.23. The van der Waals surface area contributed by atoms with Crippen molar-refractivity contribution in [2.45, 2.75) is 145 Å². The molecule has 3 fully saturated rings. The fraction of sp³-hybridized carbons (Fsp3) is 0.314. The molecule has 1 atom stereocenters. The van der Waals surface area contributed by atoms with Crippen LogP contribution in [0, 0.1) is 20.8 Å². The average Bonchev–Trinajstić information content (AvgIpc) is 1.80. The molecular formula is C70H80Br3ClN18O3S10. The molecule has 2 aliphatic carbocycles. The van der Waals surface area contributed by atoms with Crippen molar-refractivity contribution < 1.29 is 9.72 Å². The number of thioether (sulfide) groups is 5. The molecule has 35 heteroatoms. The van der Waals surface area contributed by atoms with Gasteiger partial charge in [0, 0.05) is 144 Å². The van der Waals surface area contributed by atoms with Crippen LogP contribution in [0.4, 0.5) is 26.2 Å². The first-order chi connectivity index (χ1) is 50.7. The van der Waals surface area contributed by atoms with Gasteiger partial charge in [0.2, 0.25) is 0 Å². The SMILES string of the molecule is Br.BrCc1ccncc1.Brc1ncc(SCc2cccnc2)s1.N#CSc1cnc(N)s1.NC1CCCCC1.Nc1ncc(SCc2cccnc2)s1.O=C(Cl)c1ccc([N+](=O)[O-])cc1.c1cncc(CSc2cnc(NC3CCCCC3)s2)c1.c1cncc(CSc2cnc(N[C@@H]3CCCNC3)s2)c1. The molecule has 0 radical (unpaired) electrons. The molecule has 0 unspecified atom stereocenters. The van der Waals surface area contributed by atoms with Crippen LogP contribution in [0.25, 0.3) is 0 Å². The number of nitro benzene ring substituents is 1. The Bertz CT molecular complexity index is 3930. The minimum absolute atomic E-state index is 0. The Morgan fingerprint density at radius 2 is 0.981 bits per heavy atom. The van der Waals surface area contributed by atoms with Crippen molar-refractivity contribution in [2.75, 3.05) is 35.2 Å². The second-order valence-corrected chi connectivity index (χ2v) is 35.9. The summed E-state index contributed by atoms with van der Waals surface area (Å²) in [5.74, 6) is 3.76. The molecule has 556 valence electrons. The Morgan fingerprint density at radius 1 is 0.552 bits per heavy atom. The lowest BCUT2D eigenvalue weighted by Crippen LogP contribution is -2.38. The van der Waals surface area contributed by atoms with Crippen LogP contribution in [-0.4, -0.2) is 91.2 Å². The van der Waals surface area contributed by atoms with Gasteiger partial charge in [-0.05, 0) is 149 Å². The van der Waals surface area contributed by atoms with Crippen LogP contribution in [0.5, 0.6) is 0 Å². The number of nitrogen functional groups attached to an aromatic ring is 2. The zero-order chi connectivity index (χ0) is 73.6. The molecule has 1 aromatic carbocycles. The number of nitrogens with zero attached hydrogens (tertiary/aromatic N) is 12. The largest absolute Gasteiger partial charge is 0.375 e. The lowest BCUT2D eigenvalue weighted by atomic mass is 9.96. The van der Waals surface area contributed by atoms with Gasteiger partial charge in [-0.15, -0.1) is 75.4 Å². The number of thiazole rings is 5. The van der Waals surface area contributed by atoms with Gasteiger partial charge in [-0.25, -0.2) is 24.9 Å². The molecule has 1 saturated heterocycles. The Hall–Kier alpha value is -5.72. The second-order valence-electron chi connectivity index (χ2n) is 22.4. The number of benzene rings is 1. The van der Waals surface area contributed by atoms with Gasteiger partial charge < -0.3 is 33.2 Å². The summed E-state index contributed by atoms with van der Waals surface area (Å²) in [7, 11) is 0. The molecule has 3 aliphatic rings. The van der Waals surface area contributed by atoms with Crippen LogP contribution in [0.1, 0.15) is 115 Å². The van der Waals surface area contributed by atoms with Crippen molar-refractivity contribution in [3.05, 3.63) is 225 Å². The molecule has 0 spiro atoms. The van der Waals surface area contributed by atoms with Crippen LogP contribution >= 0.6 is 176 Å². The summed E-state index contributed by atoms with van der Waals surface area (Å²) in [4.78, 5) is 61.3. The number of carbonyl (C=O) groups is 1. The number of carbonyl (C=O) groups excluding carboxylic acids is 1. The molecule has 11 aromatic rings. The number of hydrogen-bond donors (Lipinski definition) is 6. The number of nitriles is 1. The van der Waals surface area contributed by atoms with E-state index in [1.54, 1.807) is 101 Å². The molecular weight excluding hydrogens is 1740 g/mol. The van der Waals surface area contributed by atoms with E-state index in [4.69, 9.17) is 34.1 Å². The maximum atomic E-state index is 10.5. The van der Waals surface area contributed by atoms with E-state index < -0.39 is 10.2 Å². The van der Waals surface area contributed by atoms with Gasteiger partial charge in [0.15, 0.2) is 24.4 Å². The summed E-state index contributed by atoms with van der Waals surface area (Å²) >= 11 is 28.0. The number of hydrogen-bond acceptors (Lipinski definition) is 30. The van der Waals surface area contributed by atoms with Crippen LogP contribution in [0.15, 0.2) is 203 Å². The quantitative estimate of drug-likeness (QED) is 0.0103. The second kappa shape index (κ2) is 53.2. The normalized spacial score (nSPS) is 13.6. The Labute approximate surface area is 686 Å². The number of non-ortho nitro benzene ring substituents is 1. The van der Waals surface area contributed by atoms with E-state index in [1.165, 1.54) is 164 Å². The van der Waals surface area contributed by atoms with E-state index in [0.717, 1.165) is 75.8 Å². The fourth-order valence-corrected chi connectivity index (χ4v) is 18.9. The highest BCUT2D eigenvalue weighted by atomic mass is 79.9. The standard InChI is InChI=1S/C15H19N3S2.C14H18N4S2.C9H7BrN2S2.C9H9N3S2.C7H4ClNO3.C6H6BrN.C6H13N.C4H3N3S2.BrH/c1-2-6-13(7-3-1)18-15-17-10-14(20-15)19-11-12-5-4-8-16-9-12;1-3-11(7-15-5-1)10-19-13-9-17-14(20-13)18-12-4-2-6-16-8-12;2*10-9-12-5-8(14-9)13-6-7-2-1-3-11-4-7;8-7(10)5-1-3-6(4-2-5)9(11)12;7-5-6-1-3-8-4-2-6;7-6-4-2-1-3-5-6;5-2-8-3-1-7-4(6)9-3;/h4-5,8-10,13H,1-3,6-7,11H2,(H,17,18);1,3,5,7,9,12,16H,2,4,6,8,10H2,(H,17,18);1-5H,6H2;1-5H,6H2,(H2,10,12);1-4H;1-4H,5H2;6H,1-5,7H2;1H,(H2,6,7);1H/t;12-;;;;;;;/m.1......./s1. The van der Waals surface area contributed by atoms with Gasteiger partial charge in [-0.2, -0.15) is 5.26 Å². The number of anilines is 4. The monoisotopic (exact) mass is 1810 g/mol. The highest BCUT2D eigenvalue weighted by Crippen LogP contribution is 2.35. The first kappa shape index (κ1) is 88.2. The Morgan fingerprint density at radius 3 is 1.34 bits per heavy atom. The van der Waals surface area contributed by atoms with Crippen LogP contribution in [0.3, 0.4) is 0 Å². The molecule has 2 saturated carbocycles. The number of alkyl halides is 1. The van der Waals surface area contributed by atoms with E-state index >= 15 is 0 Å². The number of nitrogens with one attached hydrogen (secondary N) is 3. The number of rotatable bonds is 20. The molecule has 9 N–H and O–H groups in total. The van der Waals surface area contributed by atoms with Crippen LogP contribution in [-0.2, 0) is 28.3 Å². The smallest absolute Gasteiger partial charge is 0.269 e. The number of aromatic nitrogens is 10.